The average molecular weight is 460 g/mol. The number of carbonyl (C=O) groups is 2. The van der Waals surface area contributed by atoms with Crippen LogP contribution in [0.15, 0.2) is 71.8 Å². The van der Waals surface area contributed by atoms with E-state index in [0.29, 0.717) is 5.75 Å². The van der Waals surface area contributed by atoms with Gasteiger partial charge in [-0.15, -0.1) is 0 Å². The summed E-state index contributed by atoms with van der Waals surface area (Å²) in [5.74, 6) is -0.271. The zero-order chi connectivity index (χ0) is 24.7. The highest BCUT2D eigenvalue weighted by Gasteiger charge is 2.24. The quantitative estimate of drug-likeness (QED) is 0.375. The fourth-order valence-electron chi connectivity index (χ4n) is 3.47. The number of hydrogen-bond acceptors (Lipinski definition) is 4. The van der Waals surface area contributed by atoms with E-state index in [1.807, 2.05) is 68.4 Å². The fourth-order valence-corrected chi connectivity index (χ4v) is 3.47. The van der Waals surface area contributed by atoms with Crippen LogP contribution in [-0.2, 0) is 15.0 Å². The summed E-state index contributed by atoms with van der Waals surface area (Å²) in [5.41, 5.74) is 4.71. The second-order valence-corrected chi connectivity index (χ2v) is 9.69. The monoisotopic (exact) mass is 459 g/mol. The van der Waals surface area contributed by atoms with E-state index in [1.54, 1.807) is 6.21 Å². The number of rotatable bonds is 8. The van der Waals surface area contributed by atoms with E-state index in [4.69, 9.17) is 4.74 Å². The van der Waals surface area contributed by atoms with Gasteiger partial charge in [-0.25, -0.2) is 5.43 Å². The lowest BCUT2D eigenvalue weighted by Gasteiger charge is -2.20. The van der Waals surface area contributed by atoms with Crippen LogP contribution in [0.5, 0.6) is 5.75 Å². The predicted octanol–water partition coefficient (Wildman–Crippen LogP) is 4.81. The van der Waals surface area contributed by atoms with Gasteiger partial charge in [-0.1, -0.05) is 89.2 Å². The molecule has 0 bridgehead atoms. The molecule has 178 valence electrons. The van der Waals surface area contributed by atoms with E-state index < -0.39 is 6.04 Å². The molecule has 0 heterocycles. The van der Waals surface area contributed by atoms with Gasteiger partial charge in [-0.05, 0) is 45.4 Å². The Balaban J connectivity index is 1.53. The maximum atomic E-state index is 12.6. The van der Waals surface area contributed by atoms with Crippen LogP contribution in [0.2, 0.25) is 0 Å². The molecule has 2 N–H and O–H groups in total. The van der Waals surface area contributed by atoms with Gasteiger partial charge < -0.3 is 10.1 Å². The van der Waals surface area contributed by atoms with Crippen molar-refractivity contribution < 1.29 is 14.3 Å². The molecule has 0 aliphatic heterocycles. The number of amides is 2. The van der Waals surface area contributed by atoms with Crippen LogP contribution in [0.3, 0.4) is 0 Å². The van der Waals surface area contributed by atoms with E-state index in [9.17, 15) is 9.59 Å². The Labute approximate surface area is 201 Å². The van der Waals surface area contributed by atoms with Gasteiger partial charge >= 0.3 is 0 Å². The van der Waals surface area contributed by atoms with Gasteiger partial charge in [-0.3, -0.25) is 9.59 Å². The standard InChI is InChI=1S/C28H33N3O3/c1-19(2)26(27(33)31-29-17-20-10-13-23(14-11-20)28(3,4)5)30-25(32)18-34-24-15-12-21-8-6-7-9-22(21)16-24/h6-17,19,26H,18H2,1-5H3,(H,30,32)(H,31,33)/t26-/m1/s1. The highest BCUT2D eigenvalue weighted by atomic mass is 16.5. The molecule has 0 spiro atoms. The first-order valence-corrected chi connectivity index (χ1v) is 11.5. The Morgan fingerprint density at radius 2 is 1.65 bits per heavy atom. The third-order valence-electron chi connectivity index (χ3n) is 5.52. The SMILES string of the molecule is CC(C)[C@@H](NC(=O)COc1ccc2ccccc2c1)C(=O)NN=Cc1ccc(C(C)(C)C)cc1. The zero-order valence-corrected chi connectivity index (χ0v) is 20.5. The second-order valence-electron chi connectivity index (χ2n) is 9.69. The lowest BCUT2D eigenvalue weighted by molar-refractivity contribution is -0.131. The largest absolute Gasteiger partial charge is 0.484 e. The number of benzene rings is 3. The second kappa shape index (κ2) is 11.0. The zero-order valence-electron chi connectivity index (χ0n) is 20.5. The lowest BCUT2D eigenvalue weighted by Crippen LogP contribution is -2.49. The summed E-state index contributed by atoms with van der Waals surface area (Å²) >= 11 is 0. The number of ether oxygens (including phenoxy) is 1. The van der Waals surface area contributed by atoms with Gasteiger partial charge in [0.25, 0.3) is 11.8 Å². The van der Waals surface area contributed by atoms with E-state index in [1.165, 1.54) is 5.56 Å². The van der Waals surface area contributed by atoms with E-state index in [2.05, 4.69) is 48.7 Å². The summed E-state index contributed by atoms with van der Waals surface area (Å²) in [6.07, 6.45) is 1.59. The molecule has 0 saturated carbocycles. The fraction of sp³-hybridized carbons (Fsp3) is 0.321. The van der Waals surface area contributed by atoms with Crippen molar-refractivity contribution in [2.24, 2.45) is 11.0 Å². The molecule has 3 rings (SSSR count). The summed E-state index contributed by atoms with van der Waals surface area (Å²) in [4.78, 5) is 25.1. The maximum Gasteiger partial charge on any atom is 0.262 e. The first kappa shape index (κ1) is 25.0. The Morgan fingerprint density at radius 1 is 0.971 bits per heavy atom. The minimum absolute atomic E-state index is 0.0740. The Bertz CT molecular complexity index is 1160. The molecular formula is C28H33N3O3. The Kier molecular flexibility index (Phi) is 8.05. The number of hydrazone groups is 1. The molecule has 0 aliphatic rings. The van der Waals surface area contributed by atoms with Crippen LogP contribution in [0.1, 0.15) is 45.7 Å². The predicted molar refractivity (Wildman–Crippen MR) is 137 cm³/mol. The highest BCUT2D eigenvalue weighted by molar-refractivity contribution is 5.89. The molecule has 1 atom stereocenters. The first-order valence-electron chi connectivity index (χ1n) is 11.5. The van der Waals surface area contributed by atoms with Crippen molar-refractivity contribution in [2.45, 2.75) is 46.1 Å². The Morgan fingerprint density at radius 3 is 2.29 bits per heavy atom. The molecule has 0 aliphatic carbocycles. The van der Waals surface area contributed by atoms with Crippen LogP contribution in [0.4, 0.5) is 0 Å². The number of carbonyl (C=O) groups excluding carboxylic acids is 2. The van der Waals surface area contributed by atoms with Gasteiger partial charge in [0.05, 0.1) is 6.21 Å². The lowest BCUT2D eigenvalue weighted by atomic mass is 9.87. The van der Waals surface area contributed by atoms with Crippen LogP contribution in [0, 0.1) is 5.92 Å². The van der Waals surface area contributed by atoms with Crippen LogP contribution < -0.4 is 15.5 Å². The van der Waals surface area contributed by atoms with Gasteiger partial charge in [0.1, 0.15) is 11.8 Å². The molecule has 6 heteroatoms. The summed E-state index contributed by atoms with van der Waals surface area (Å²) in [5, 5.41) is 8.94. The maximum absolute atomic E-state index is 12.6. The minimum Gasteiger partial charge on any atom is -0.484 e. The van der Waals surface area contributed by atoms with Crippen molar-refractivity contribution in [1.29, 1.82) is 0 Å². The molecule has 34 heavy (non-hydrogen) atoms. The molecule has 0 unspecified atom stereocenters. The van der Waals surface area contributed by atoms with E-state index in [0.717, 1.165) is 16.3 Å². The normalized spacial score (nSPS) is 12.6. The van der Waals surface area contributed by atoms with Crippen LogP contribution >= 0.6 is 0 Å². The summed E-state index contributed by atoms with van der Waals surface area (Å²) < 4.78 is 5.64. The summed E-state index contributed by atoms with van der Waals surface area (Å²) in [6.45, 7) is 10.0. The smallest absolute Gasteiger partial charge is 0.262 e. The molecular weight excluding hydrogens is 426 g/mol. The minimum atomic E-state index is -0.729. The first-order chi connectivity index (χ1) is 16.1. The van der Waals surface area contributed by atoms with Gasteiger partial charge in [-0.2, -0.15) is 5.10 Å². The third kappa shape index (κ3) is 6.91. The molecule has 3 aromatic carbocycles. The van der Waals surface area contributed by atoms with Crippen molar-refractivity contribution in [2.75, 3.05) is 6.61 Å². The Hall–Kier alpha value is -3.67. The van der Waals surface area contributed by atoms with Crippen molar-refractivity contribution in [1.82, 2.24) is 10.7 Å². The number of nitrogens with zero attached hydrogens (tertiary/aromatic N) is 1. The molecule has 0 radical (unpaired) electrons. The van der Waals surface area contributed by atoms with Crippen LogP contribution in [-0.4, -0.2) is 30.7 Å². The van der Waals surface area contributed by atoms with E-state index >= 15 is 0 Å². The summed E-state index contributed by atoms with van der Waals surface area (Å²) in [7, 11) is 0. The van der Waals surface area contributed by atoms with Gasteiger partial charge in [0.2, 0.25) is 0 Å². The number of fused-ring (bicyclic) bond motifs is 1. The van der Waals surface area contributed by atoms with Crippen molar-refractivity contribution >= 4 is 28.8 Å². The van der Waals surface area contributed by atoms with E-state index in [-0.39, 0.29) is 29.8 Å². The highest BCUT2D eigenvalue weighted by Crippen LogP contribution is 2.22. The number of nitrogens with one attached hydrogen (secondary N) is 2. The van der Waals surface area contributed by atoms with Gasteiger partial charge in [0.15, 0.2) is 6.61 Å². The molecule has 0 saturated heterocycles. The number of hydrogen-bond donors (Lipinski definition) is 2. The molecule has 2 amide bonds. The average Bonchev–Trinajstić information content (AvgIpc) is 2.80. The van der Waals surface area contributed by atoms with Crippen molar-refractivity contribution in [3.63, 3.8) is 0 Å². The van der Waals surface area contributed by atoms with Gasteiger partial charge in [0, 0.05) is 0 Å². The molecule has 0 fully saturated rings. The molecule has 6 nitrogen and oxygen atoms in total. The third-order valence-corrected chi connectivity index (χ3v) is 5.52. The topological polar surface area (TPSA) is 79.8 Å². The van der Waals surface area contributed by atoms with Crippen LogP contribution in [0.25, 0.3) is 10.8 Å². The van der Waals surface area contributed by atoms with Crippen molar-refractivity contribution in [3.05, 3.63) is 77.9 Å². The molecule has 0 aromatic heterocycles. The van der Waals surface area contributed by atoms with Crippen molar-refractivity contribution in [3.8, 4) is 5.75 Å². The molecule has 3 aromatic rings. The summed E-state index contributed by atoms with van der Waals surface area (Å²) in [6, 6.07) is 20.9.